The topological polar surface area (TPSA) is 70.0 Å². The summed E-state index contributed by atoms with van der Waals surface area (Å²) in [5.74, 6) is -1.18. The van der Waals surface area contributed by atoms with Crippen LogP contribution in [0.1, 0.15) is 57.1 Å². The second-order valence-corrected chi connectivity index (χ2v) is 9.97. The lowest BCUT2D eigenvalue weighted by atomic mass is 9.77. The van der Waals surface area contributed by atoms with Gasteiger partial charge in [-0.1, -0.05) is 97.1 Å². The molecule has 2 unspecified atom stereocenters. The summed E-state index contributed by atoms with van der Waals surface area (Å²) in [6, 6.07) is 34.1. The van der Waals surface area contributed by atoms with Crippen molar-refractivity contribution in [1.29, 1.82) is 0 Å². The van der Waals surface area contributed by atoms with Gasteiger partial charge in [0.05, 0.1) is 17.3 Å². The Morgan fingerprint density at radius 2 is 1.36 bits per heavy atom. The maximum Gasteiger partial charge on any atom is 0.336 e. The van der Waals surface area contributed by atoms with Crippen LogP contribution in [0.4, 0.5) is 0 Å². The van der Waals surface area contributed by atoms with E-state index in [4.69, 9.17) is 5.10 Å². The monoisotopic (exact) mass is 512 g/mol. The number of amides is 1. The molecule has 1 saturated carbocycles. The lowest BCUT2D eigenvalue weighted by molar-refractivity contribution is 0.0676. The van der Waals surface area contributed by atoms with Crippen molar-refractivity contribution >= 4 is 23.7 Å². The molecule has 0 saturated heterocycles. The smallest absolute Gasteiger partial charge is 0.336 e. The predicted octanol–water partition coefficient (Wildman–Crippen LogP) is 7.49. The fourth-order valence-corrected chi connectivity index (χ4v) is 5.83. The third-order valence-corrected chi connectivity index (χ3v) is 7.60. The maximum absolute atomic E-state index is 14.4. The molecule has 2 aliphatic rings. The lowest BCUT2D eigenvalue weighted by Gasteiger charge is -2.30. The number of aromatic carboxylic acids is 1. The van der Waals surface area contributed by atoms with Crippen LogP contribution >= 0.6 is 0 Å². The van der Waals surface area contributed by atoms with Gasteiger partial charge in [0.2, 0.25) is 0 Å². The average Bonchev–Trinajstić information content (AvgIpc) is 3.38. The minimum Gasteiger partial charge on any atom is -0.478 e. The van der Waals surface area contributed by atoms with Crippen LogP contribution < -0.4 is 0 Å². The molecule has 1 aliphatic heterocycles. The molecule has 2 atom stereocenters. The summed E-state index contributed by atoms with van der Waals surface area (Å²) in [5.41, 5.74) is 5.98. The van der Waals surface area contributed by atoms with Gasteiger partial charge >= 0.3 is 5.97 Å². The number of rotatable bonds is 5. The number of carboxylic acids is 1. The molecule has 0 aromatic heterocycles. The molecule has 1 heterocycles. The van der Waals surface area contributed by atoms with Crippen LogP contribution in [0.25, 0.3) is 17.2 Å². The Bertz CT molecular complexity index is 1590. The van der Waals surface area contributed by atoms with E-state index >= 15 is 0 Å². The molecule has 1 amide bonds. The highest BCUT2D eigenvalue weighted by Crippen LogP contribution is 2.45. The fraction of sp³-hybridized carbons (Fsp3) is 0.147. The minimum atomic E-state index is -1.03. The Labute approximate surface area is 227 Å². The minimum absolute atomic E-state index is 0.0820. The van der Waals surface area contributed by atoms with E-state index in [1.807, 2.05) is 54.6 Å². The van der Waals surface area contributed by atoms with Gasteiger partial charge in [0.15, 0.2) is 0 Å². The van der Waals surface area contributed by atoms with E-state index < -0.39 is 5.97 Å². The highest BCUT2D eigenvalue weighted by Gasteiger charge is 2.44. The predicted molar refractivity (Wildman–Crippen MR) is 153 cm³/mol. The number of hydrogen-bond acceptors (Lipinski definition) is 3. The quantitative estimate of drug-likeness (QED) is 0.301. The van der Waals surface area contributed by atoms with Crippen molar-refractivity contribution in [2.45, 2.75) is 25.3 Å². The van der Waals surface area contributed by atoms with E-state index in [-0.39, 0.29) is 23.4 Å². The molecule has 0 radical (unpaired) electrons. The summed E-state index contributed by atoms with van der Waals surface area (Å²) in [6.45, 7) is 0. The zero-order chi connectivity index (χ0) is 26.8. The number of carbonyl (C=O) groups is 2. The largest absolute Gasteiger partial charge is 0.478 e. The first kappa shape index (κ1) is 24.6. The van der Waals surface area contributed by atoms with Gasteiger partial charge in [-0.3, -0.25) is 4.79 Å². The second-order valence-electron chi connectivity index (χ2n) is 9.97. The zero-order valence-corrected chi connectivity index (χ0v) is 21.4. The van der Waals surface area contributed by atoms with Crippen LogP contribution in [0.15, 0.2) is 120 Å². The maximum atomic E-state index is 14.4. The van der Waals surface area contributed by atoms with Crippen LogP contribution in [0.2, 0.25) is 0 Å². The molecular weight excluding hydrogens is 484 g/mol. The Kier molecular flexibility index (Phi) is 6.64. The first-order valence-electron chi connectivity index (χ1n) is 13.3. The highest BCUT2D eigenvalue weighted by molar-refractivity contribution is 6.10. The van der Waals surface area contributed by atoms with Crippen molar-refractivity contribution < 1.29 is 14.7 Å². The number of hydrogen-bond donors (Lipinski definition) is 1. The van der Waals surface area contributed by atoms with E-state index in [2.05, 4.69) is 30.3 Å². The van der Waals surface area contributed by atoms with E-state index in [9.17, 15) is 14.7 Å². The number of allylic oxidation sites excluding steroid dienone is 1. The Morgan fingerprint density at radius 1 is 0.769 bits per heavy atom. The van der Waals surface area contributed by atoms with Gasteiger partial charge in [0.25, 0.3) is 5.91 Å². The molecule has 4 aromatic carbocycles. The molecule has 6 rings (SSSR count). The van der Waals surface area contributed by atoms with Crippen LogP contribution in [-0.2, 0) is 0 Å². The van der Waals surface area contributed by atoms with Crippen LogP contribution in [0.5, 0.6) is 0 Å². The summed E-state index contributed by atoms with van der Waals surface area (Å²) in [6.07, 6.45) is 5.07. The summed E-state index contributed by atoms with van der Waals surface area (Å²) in [5, 5.41) is 16.5. The molecule has 1 aliphatic carbocycles. The molecule has 0 bridgehead atoms. The van der Waals surface area contributed by atoms with Crippen LogP contribution in [-0.4, -0.2) is 27.7 Å². The number of benzene rings is 4. The third-order valence-electron chi connectivity index (χ3n) is 7.60. The number of hydrazone groups is 1. The van der Waals surface area contributed by atoms with E-state index in [1.165, 1.54) is 0 Å². The summed E-state index contributed by atoms with van der Waals surface area (Å²) >= 11 is 0. The molecule has 39 heavy (non-hydrogen) atoms. The van der Waals surface area contributed by atoms with Gasteiger partial charge in [-0.25, -0.2) is 9.80 Å². The van der Waals surface area contributed by atoms with Crippen molar-refractivity contribution in [1.82, 2.24) is 5.01 Å². The molecule has 1 fully saturated rings. The molecular formula is C34H28N2O3. The van der Waals surface area contributed by atoms with Gasteiger partial charge in [-0.15, -0.1) is 0 Å². The molecule has 0 spiro atoms. The first-order valence-corrected chi connectivity index (χ1v) is 13.3. The number of nitrogens with zero attached hydrogens (tertiary/aromatic N) is 2. The Hall–Kier alpha value is -4.77. The molecule has 1 N–H and O–H groups in total. The highest BCUT2D eigenvalue weighted by atomic mass is 16.4. The summed E-state index contributed by atoms with van der Waals surface area (Å²) < 4.78 is 0. The number of fused-ring (bicyclic) bond motifs is 1. The molecule has 4 aromatic rings. The number of carbonyl (C=O) groups excluding carboxylic acids is 1. The Balaban J connectivity index is 1.47. The zero-order valence-electron chi connectivity index (χ0n) is 21.4. The standard InChI is InChI=1S/C34H28N2O3/c37-33(28-19-9-7-17-26(28)27-18-8-10-20-29(27)34(38)39)36-32(24-14-5-2-6-15-24)30-21-11-16-25(31(30)35-36)22-23-12-3-1-4-13-23/h1-10,12-15,17-20,22,30,32H,11,16,21H2,(H,38,39)/b25-22+. The second kappa shape index (κ2) is 10.5. The van der Waals surface area contributed by atoms with E-state index in [0.29, 0.717) is 16.7 Å². The fourth-order valence-electron chi connectivity index (χ4n) is 5.83. The van der Waals surface area contributed by atoms with Crippen molar-refractivity contribution in [2.24, 2.45) is 11.0 Å². The first-order chi connectivity index (χ1) is 19.1. The van der Waals surface area contributed by atoms with Gasteiger partial charge in [0.1, 0.15) is 0 Å². The van der Waals surface area contributed by atoms with Gasteiger partial charge in [0, 0.05) is 11.5 Å². The third kappa shape index (κ3) is 4.68. The average molecular weight is 513 g/mol. The SMILES string of the molecule is O=C(O)c1ccccc1-c1ccccc1C(=O)N1N=C2/C(=C/c3ccccc3)CCCC2C1c1ccccc1. The summed E-state index contributed by atoms with van der Waals surface area (Å²) in [7, 11) is 0. The van der Waals surface area contributed by atoms with Gasteiger partial charge in [-0.05, 0) is 65.3 Å². The van der Waals surface area contributed by atoms with Crippen molar-refractivity contribution in [3.63, 3.8) is 0 Å². The summed E-state index contributed by atoms with van der Waals surface area (Å²) in [4.78, 5) is 26.4. The van der Waals surface area contributed by atoms with Crippen molar-refractivity contribution in [3.05, 3.63) is 137 Å². The van der Waals surface area contributed by atoms with E-state index in [0.717, 1.165) is 41.7 Å². The lowest BCUT2D eigenvalue weighted by Crippen LogP contribution is -2.32. The number of carboxylic acid groups (broad SMARTS) is 1. The van der Waals surface area contributed by atoms with Gasteiger partial charge in [-0.2, -0.15) is 5.10 Å². The van der Waals surface area contributed by atoms with Crippen molar-refractivity contribution in [3.8, 4) is 11.1 Å². The van der Waals surface area contributed by atoms with Gasteiger partial charge < -0.3 is 5.11 Å². The molecule has 192 valence electrons. The molecule has 5 nitrogen and oxygen atoms in total. The van der Waals surface area contributed by atoms with Crippen LogP contribution in [0, 0.1) is 5.92 Å². The van der Waals surface area contributed by atoms with Crippen molar-refractivity contribution in [2.75, 3.05) is 0 Å². The van der Waals surface area contributed by atoms with E-state index in [1.54, 1.807) is 35.3 Å². The Morgan fingerprint density at radius 3 is 2.05 bits per heavy atom. The van der Waals surface area contributed by atoms with Crippen LogP contribution in [0.3, 0.4) is 0 Å². The molecule has 5 heteroatoms. The normalized spacial score (nSPS) is 19.4.